The van der Waals surface area contributed by atoms with Crippen LogP contribution in [0.5, 0.6) is 5.75 Å². The van der Waals surface area contributed by atoms with Crippen LogP contribution in [-0.4, -0.2) is 7.11 Å². The molecule has 0 saturated heterocycles. The second kappa shape index (κ2) is 3.37. The molecule has 68 valence electrons. The Hall–Kier alpha value is -0.440. The normalized spacial score (nSPS) is 10.7. The molecule has 0 aliphatic carbocycles. The smallest absolute Gasteiger partial charge is 0.138 e. The lowest BCUT2D eigenvalue weighted by Gasteiger charge is -2.01. The van der Waals surface area contributed by atoms with Crippen molar-refractivity contribution in [1.82, 2.24) is 0 Å². The minimum absolute atomic E-state index is 0.636. The average Bonchev–Trinajstić information content (AvgIpc) is 2.47. The van der Waals surface area contributed by atoms with Gasteiger partial charge in [0.1, 0.15) is 10.8 Å². The predicted octanol–water partition coefficient (Wildman–Crippen LogP) is 4.22. The first kappa shape index (κ1) is 9.13. The number of hydrogen-bond acceptors (Lipinski definition) is 2. The van der Waals surface area contributed by atoms with Crippen molar-refractivity contribution in [2.45, 2.75) is 0 Å². The first-order valence-corrected chi connectivity index (χ1v) is 5.21. The van der Waals surface area contributed by atoms with Gasteiger partial charge in [-0.25, -0.2) is 0 Å². The van der Waals surface area contributed by atoms with Crippen LogP contribution in [0.3, 0.4) is 0 Å². The number of hydrogen-bond donors (Lipinski definition) is 0. The third-order valence-corrected chi connectivity index (χ3v) is 3.57. The molecule has 0 atom stereocenters. The second-order valence-electron chi connectivity index (χ2n) is 2.55. The van der Waals surface area contributed by atoms with Crippen LogP contribution < -0.4 is 4.74 Å². The molecule has 0 spiro atoms. The highest BCUT2D eigenvalue weighted by molar-refractivity contribution is 7.23. The van der Waals surface area contributed by atoms with Crippen molar-refractivity contribution in [3.63, 3.8) is 0 Å². The highest BCUT2D eigenvalue weighted by Crippen LogP contribution is 2.39. The summed E-state index contributed by atoms with van der Waals surface area (Å²) in [7, 11) is 1.60. The maximum atomic E-state index is 6.08. The van der Waals surface area contributed by atoms with Gasteiger partial charge in [-0.2, -0.15) is 0 Å². The molecule has 0 N–H and O–H groups in total. The van der Waals surface area contributed by atoms with Gasteiger partial charge >= 0.3 is 0 Å². The molecule has 1 nitrogen and oxygen atoms in total. The SMILES string of the molecule is COc1ccc2cc(Cl)sc2c1Cl. The van der Waals surface area contributed by atoms with E-state index in [-0.39, 0.29) is 0 Å². The minimum Gasteiger partial charge on any atom is -0.495 e. The topological polar surface area (TPSA) is 9.23 Å². The lowest BCUT2D eigenvalue weighted by molar-refractivity contribution is 0.415. The highest BCUT2D eigenvalue weighted by atomic mass is 35.5. The molecule has 2 rings (SSSR count). The molecule has 0 fully saturated rings. The van der Waals surface area contributed by atoms with Gasteiger partial charge in [0, 0.05) is 0 Å². The van der Waals surface area contributed by atoms with Gasteiger partial charge in [0.15, 0.2) is 0 Å². The fraction of sp³-hybridized carbons (Fsp3) is 0.111. The maximum absolute atomic E-state index is 6.08. The largest absolute Gasteiger partial charge is 0.495 e. The summed E-state index contributed by atoms with van der Waals surface area (Å²) in [6.07, 6.45) is 0. The summed E-state index contributed by atoms with van der Waals surface area (Å²) in [5.41, 5.74) is 0. The van der Waals surface area contributed by atoms with E-state index in [1.807, 2.05) is 18.2 Å². The quantitative estimate of drug-likeness (QED) is 0.716. The van der Waals surface area contributed by atoms with E-state index in [9.17, 15) is 0 Å². The second-order valence-corrected chi connectivity index (χ2v) is 4.61. The number of methoxy groups -OCH3 is 1. The van der Waals surface area contributed by atoms with E-state index in [0.717, 1.165) is 14.4 Å². The lowest BCUT2D eigenvalue weighted by Crippen LogP contribution is -1.82. The van der Waals surface area contributed by atoms with E-state index >= 15 is 0 Å². The fourth-order valence-corrected chi connectivity index (χ4v) is 2.71. The Morgan fingerprint density at radius 2 is 2.08 bits per heavy atom. The summed E-state index contributed by atoms with van der Waals surface area (Å²) in [6.45, 7) is 0. The van der Waals surface area contributed by atoms with E-state index in [4.69, 9.17) is 27.9 Å². The molecule has 0 bridgehead atoms. The summed E-state index contributed by atoms with van der Waals surface area (Å²) in [5, 5.41) is 1.69. The molecule has 1 aromatic carbocycles. The molecule has 1 heterocycles. The van der Waals surface area contributed by atoms with E-state index in [2.05, 4.69) is 0 Å². The van der Waals surface area contributed by atoms with Crippen molar-refractivity contribution in [2.24, 2.45) is 0 Å². The van der Waals surface area contributed by atoms with Gasteiger partial charge in [0.25, 0.3) is 0 Å². The zero-order valence-corrected chi connectivity index (χ0v) is 9.13. The number of halogens is 2. The van der Waals surface area contributed by atoms with Crippen molar-refractivity contribution >= 4 is 44.6 Å². The summed E-state index contributed by atoms with van der Waals surface area (Å²) < 4.78 is 6.81. The molecule has 13 heavy (non-hydrogen) atoms. The molecule has 0 aliphatic heterocycles. The summed E-state index contributed by atoms with van der Waals surface area (Å²) >= 11 is 13.4. The maximum Gasteiger partial charge on any atom is 0.138 e. The van der Waals surface area contributed by atoms with Crippen LogP contribution in [0.25, 0.3) is 10.1 Å². The molecule has 0 unspecified atom stereocenters. The summed E-state index contributed by atoms with van der Waals surface area (Å²) in [6, 6.07) is 5.68. The monoisotopic (exact) mass is 232 g/mol. The van der Waals surface area contributed by atoms with Crippen molar-refractivity contribution in [1.29, 1.82) is 0 Å². The van der Waals surface area contributed by atoms with E-state index in [1.165, 1.54) is 11.3 Å². The van der Waals surface area contributed by atoms with Crippen LogP contribution in [0.15, 0.2) is 18.2 Å². The van der Waals surface area contributed by atoms with Crippen LogP contribution in [0.2, 0.25) is 9.36 Å². The Balaban J connectivity index is 2.78. The van der Waals surface area contributed by atoms with Crippen molar-refractivity contribution < 1.29 is 4.74 Å². The van der Waals surface area contributed by atoms with Crippen LogP contribution in [0.1, 0.15) is 0 Å². The van der Waals surface area contributed by atoms with Crippen molar-refractivity contribution in [2.75, 3.05) is 7.11 Å². The number of rotatable bonds is 1. The van der Waals surface area contributed by atoms with Crippen molar-refractivity contribution in [3.05, 3.63) is 27.6 Å². The molecule has 4 heteroatoms. The van der Waals surface area contributed by atoms with Gasteiger partial charge in [-0.15, -0.1) is 11.3 Å². The first-order valence-electron chi connectivity index (χ1n) is 3.64. The van der Waals surface area contributed by atoms with E-state index in [0.29, 0.717) is 10.8 Å². The van der Waals surface area contributed by atoms with Crippen molar-refractivity contribution in [3.8, 4) is 5.75 Å². The molecular formula is C9H6Cl2OS. The standard InChI is InChI=1S/C9H6Cl2OS/c1-12-6-3-2-5-4-7(10)13-9(5)8(6)11/h2-4H,1H3. The van der Waals surface area contributed by atoms with Gasteiger partial charge in [-0.1, -0.05) is 23.2 Å². The highest BCUT2D eigenvalue weighted by Gasteiger charge is 2.08. The van der Waals surface area contributed by atoms with Crippen LogP contribution in [-0.2, 0) is 0 Å². The van der Waals surface area contributed by atoms with Gasteiger partial charge in [0.2, 0.25) is 0 Å². The van der Waals surface area contributed by atoms with Crippen LogP contribution in [0, 0.1) is 0 Å². The average molecular weight is 233 g/mol. The molecular weight excluding hydrogens is 227 g/mol. The van der Waals surface area contributed by atoms with Gasteiger partial charge < -0.3 is 4.74 Å². The number of benzene rings is 1. The van der Waals surface area contributed by atoms with Crippen LogP contribution in [0.4, 0.5) is 0 Å². The minimum atomic E-state index is 0.636. The van der Waals surface area contributed by atoms with Gasteiger partial charge in [-0.3, -0.25) is 0 Å². The van der Waals surface area contributed by atoms with Gasteiger partial charge in [0.05, 0.1) is 16.1 Å². The molecule has 1 aromatic heterocycles. The molecule has 0 radical (unpaired) electrons. The third kappa shape index (κ3) is 1.50. The third-order valence-electron chi connectivity index (χ3n) is 1.78. The Morgan fingerprint density at radius 1 is 1.31 bits per heavy atom. The summed E-state index contributed by atoms with van der Waals surface area (Å²) in [4.78, 5) is 0. The van der Waals surface area contributed by atoms with Gasteiger partial charge in [-0.05, 0) is 23.6 Å². The molecule has 0 amide bonds. The molecule has 0 aliphatic rings. The molecule has 2 aromatic rings. The number of ether oxygens (including phenoxy) is 1. The van der Waals surface area contributed by atoms with Crippen LogP contribution >= 0.6 is 34.5 Å². The fourth-order valence-electron chi connectivity index (χ4n) is 1.18. The Labute approximate surface area is 89.8 Å². The predicted molar refractivity (Wildman–Crippen MR) is 58.4 cm³/mol. The Bertz CT molecular complexity index is 450. The Kier molecular flexibility index (Phi) is 2.37. The lowest BCUT2D eigenvalue weighted by atomic mass is 10.2. The summed E-state index contributed by atoms with van der Waals surface area (Å²) in [5.74, 6) is 0.688. The number of fused-ring (bicyclic) bond motifs is 1. The zero-order chi connectivity index (χ0) is 9.42. The Morgan fingerprint density at radius 3 is 2.77 bits per heavy atom. The van der Waals surface area contributed by atoms with E-state index < -0.39 is 0 Å². The number of thiophene rings is 1. The van der Waals surface area contributed by atoms with E-state index in [1.54, 1.807) is 7.11 Å². The zero-order valence-electron chi connectivity index (χ0n) is 6.80. The first-order chi connectivity index (χ1) is 6.22. The molecule has 0 saturated carbocycles.